The van der Waals surface area contributed by atoms with Crippen LogP contribution < -0.4 is 5.73 Å². The van der Waals surface area contributed by atoms with Crippen LogP contribution in [0.1, 0.15) is 12.1 Å². The second-order valence-electron chi connectivity index (χ2n) is 2.17. The minimum Gasteiger partial charge on any atom is -0.330 e. The van der Waals surface area contributed by atoms with Gasteiger partial charge >= 0.3 is 0 Å². The number of thiazole rings is 1. The number of nitrogens with two attached hydrogens (primary N) is 1. The molecule has 0 saturated carbocycles. The van der Waals surface area contributed by atoms with Crippen LogP contribution in [0.5, 0.6) is 0 Å². The van der Waals surface area contributed by atoms with Crippen LogP contribution in [0.3, 0.4) is 0 Å². The third-order valence-corrected chi connectivity index (χ3v) is 2.94. The van der Waals surface area contributed by atoms with Gasteiger partial charge < -0.3 is 5.73 Å². The van der Waals surface area contributed by atoms with E-state index in [1.807, 2.05) is 17.3 Å². The molecule has 0 bridgehead atoms. The topological polar surface area (TPSA) is 38.9 Å². The molecule has 0 aliphatic carbocycles. The van der Waals surface area contributed by atoms with Crippen molar-refractivity contribution in [2.24, 2.45) is 5.73 Å². The molecule has 11 heavy (non-hydrogen) atoms. The normalized spacial score (nSPS) is 10.3. The number of thioether (sulfide) groups is 1. The summed E-state index contributed by atoms with van der Waals surface area (Å²) in [6.07, 6.45) is 1.11. The van der Waals surface area contributed by atoms with Gasteiger partial charge in [0.05, 0.1) is 11.2 Å². The van der Waals surface area contributed by atoms with Gasteiger partial charge in [-0.3, -0.25) is 0 Å². The summed E-state index contributed by atoms with van der Waals surface area (Å²) in [7, 11) is 0. The van der Waals surface area contributed by atoms with Gasteiger partial charge in [-0.15, -0.1) is 11.3 Å². The highest BCUT2D eigenvalue weighted by molar-refractivity contribution is 7.98. The van der Waals surface area contributed by atoms with Crippen molar-refractivity contribution in [1.29, 1.82) is 0 Å². The highest BCUT2D eigenvalue weighted by atomic mass is 32.2. The van der Waals surface area contributed by atoms with E-state index in [0.29, 0.717) is 0 Å². The summed E-state index contributed by atoms with van der Waals surface area (Å²) < 4.78 is 0. The summed E-state index contributed by atoms with van der Waals surface area (Å²) in [5, 5.41) is 2.09. The molecule has 0 spiro atoms. The third-order valence-electron chi connectivity index (χ3n) is 1.23. The predicted molar refractivity (Wildman–Crippen MR) is 51.9 cm³/mol. The number of hydrogen-bond acceptors (Lipinski definition) is 4. The van der Waals surface area contributed by atoms with Crippen molar-refractivity contribution in [2.45, 2.75) is 12.2 Å². The molecular formula is C7H12N2S2. The van der Waals surface area contributed by atoms with Gasteiger partial charge in [-0.1, -0.05) is 0 Å². The summed E-state index contributed by atoms with van der Waals surface area (Å²) in [4.78, 5) is 4.18. The summed E-state index contributed by atoms with van der Waals surface area (Å²) in [6, 6.07) is 0. The fourth-order valence-corrected chi connectivity index (χ4v) is 2.22. The molecular weight excluding hydrogens is 176 g/mol. The van der Waals surface area contributed by atoms with Crippen molar-refractivity contribution >= 4 is 23.1 Å². The maximum Gasteiger partial charge on any atom is 0.0795 e. The Morgan fingerprint density at radius 3 is 3.18 bits per heavy atom. The molecule has 2 nitrogen and oxygen atoms in total. The second-order valence-corrected chi connectivity index (χ2v) is 4.00. The van der Waals surface area contributed by atoms with Crippen molar-refractivity contribution in [3.05, 3.63) is 16.6 Å². The molecule has 1 aromatic rings. The SMILES string of the molecule is NCCCSCc1cscn1. The Kier molecular flexibility index (Phi) is 4.58. The van der Waals surface area contributed by atoms with E-state index in [9.17, 15) is 0 Å². The zero-order chi connectivity index (χ0) is 7.94. The van der Waals surface area contributed by atoms with E-state index < -0.39 is 0 Å². The monoisotopic (exact) mass is 188 g/mol. The first kappa shape index (κ1) is 9.03. The minimum atomic E-state index is 0.796. The van der Waals surface area contributed by atoms with E-state index in [4.69, 9.17) is 5.73 Å². The van der Waals surface area contributed by atoms with Crippen LogP contribution in [-0.4, -0.2) is 17.3 Å². The predicted octanol–water partition coefficient (Wildman–Crippen LogP) is 1.73. The van der Waals surface area contributed by atoms with Gasteiger partial charge in [0.2, 0.25) is 0 Å². The molecule has 0 radical (unpaired) electrons. The molecule has 0 unspecified atom stereocenters. The molecule has 1 rings (SSSR count). The Bertz CT molecular complexity index is 175. The average molecular weight is 188 g/mol. The Morgan fingerprint density at radius 1 is 1.64 bits per heavy atom. The van der Waals surface area contributed by atoms with Crippen LogP contribution in [0.2, 0.25) is 0 Å². The Hall–Kier alpha value is -0.0600. The van der Waals surface area contributed by atoms with Gasteiger partial charge in [0.25, 0.3) is 0 Å². The van der Waals surface area contributed by atoms with E-state index in [1.165, 1.54) is 5.69 Å². The van der Waals surface area contributed by atoms with Crippen LogP contribution in [0.25, 0.3) is 0 Å². The van der Waals surface area contributed by atoms with Crippen LogP contribution in [0.15, 0.2) is 10.9 Å². The van der Waals surface area contributed by atoms with Gasteiger partial charge in [-0.2, -0.15) is 11.8 Å². The van der Waals surface area contributed by atoms with Gasteiger partial charge in [0, 0.05) is 11.1 Å². The number of rotatable bonds is 5. The van der Waals surface area contributed by atoms with Crippen LogP contribution in [0.4, 0.5) is 0 Å². The first-order valence-electron chi connectivity index (χ1n) is 3.58. The molecule has 4 heteroatoms. The fraction of sp³-hybridized carbons (Fsp3) is 0.571. The molecule has 0 aromatic carbocycles. The molecule has 0 amide bonds. The summed E-state index contributed by atoms with van der Waals surface area (Å²) in [5.74, 6) is 2.18. The van der Waals surface area contributed by atoms with Crippen molar-refractivity contribution in [3.63, 3.8) is 0 Å². The molecule has 1 heterocycles. The van der Waals surface area contributed by atoms with Crippen molar-refractivity contribution < 1.29 is 0 Å². The highest BCUT2D eigenvalue weighted by Crippen LogP contribution is 2.12. The van der Waals surface area contributed by atoms with Gasteiger partial charge in [0.15, 0.2) is 0 Å². The zero-order valence-corrected chi connectivity index (χ0v) is 7.96. The number of nitrogens with zero attached hydrogens (tertiary/aromatic N) is 1. The molecule has 2 N–H and O–H groups in total. The maximum atomic E-state index is 5.36. The highest BCUT2D eigenvalue weighted by Gasteiger charge is 1.93. The van der Waals surface area contributed by atoms with Crippen LogP contribution in [0, 0.1) is 0 Å². The van der Waals surface area contributed by atoms with Crippen LogP contribution in [-0.2, 0) is 5.75 Å². The third kappa shape index (κ3) is 3.74. The van der Waals surface area contributed by atoms with E-state index >= 15 is 0 Å². The standard InChI is InChI=1S/C7H12N2S2/c8-2-1-3-10-4-7-5-11-6-9-7/h5-6H,1-4,8H2. The summed E-state index contributed by atoms with van der Waals surface area (Å²) in [6.45, 7) is 0.796. The lowest BCUT2D eigenvalue weighted by atomic mass is 10.5. The van der Waals surface area contributed by atoms with E-state index in [2.05, 4.69) is 10.4 Å². The summed E-state index contributed by atoms with van der Waals surface area (Å²) >= 11 is 3.55. The lowest BCUT2D eigenvalue weighted by Gasteiger charge is -1.95. The lowest BCUT2D eigenvalue weighted by molar-refractivity contribution is 0.942. The Morgan fingerprint density at radius 2 is 2.55 bits per heavy atom. The Balaban J connectivity index is 2.04. The fourth-order valence-electron chi connectivity index (χ4n) is 0.671. The molecule has 62 valence electrons. The number of hydrogen-bond donors (Lipinski definition) is 1. The molecule has 0 aliphatic heterocycles. The Labute approximate surface area is 75.2 Å². The zero-order valence-electron chi connectivity index (χ0n) is 6.32. The van der Waals surface area contributed by atoms with Crippen molar-refractivity contribution in [1.82, 2.24) is 4.98 Å². The van der Waals surface area contributed by atoms with Gasteiger partial charge in [-0.25, -0.2) is 4.98 Å². The quantitative estimate of drug-likeness (QED) is 0.715. The second kappa shape index (κ2) is 5.57. The van der Waals surface area contributed by atoms with Crippen LogP contribution >= 0.6 is 23.1 Å². The molecule has 0 atom stereocenters. The number of aromatic nitrogens is 1. The first-order chi connectivity index (χ1) is 5.43. The molecule has 0 saturated heterocycles. The molecule has 1 aromatic heterocycles. The van der Waals surface area contributed by atoms with Crippen molar-refractivity contribution in [2.75, 3.05) is 12.3 Å². The van der Waals surface area contributed by atoms with Gasteiger partial charge in [0.1, 0.15) is 0 Å². The largest absolute Gasteiger partial charge is 0.330 e. The lowest BCUT2D eigenvalue weighted by Crippen LogP contribution is -1.99. The maximum absolute atomic E-state index is 5.36. The average Bonchev–Trinajstić information content (AvgIpc) is 2.50. The van der Waals surface area contributed by atoms with E-state index in [1.54, 1.807) is 11.3 Å². The molecule has 0 fully saturated rings. The smallest absolute Gasteiger partial charge is 0.0795 e. The minimum absolute atomic E-state index is 0.796. The van der Waals surface area contributed by atoms with Crippen molar-refractivity contribution in [3.8, 4) is 0 Å². The van der Waals surface area contributed by atoms with E-state index in [0.717, 1.165) is 24.5 Å². The van der Waals surface area contributed by atoms with Gasteiger partial charge in [-0.05, 0) is 18.7 Å². The molecule has 0 aliphatic rings. The summed E-state index contributed by atoms with van der Waals surface area (Å²) in [5.41, 5.74) is 8.43. The first-order valence-corrected chi connectivity index (χ1v) is 5.68. The van der Waals surface area contributed by atoms with E-state index in [-0.39, 0.29) is 0 Å².